The van der Waals surface area contributed by atoms with Gasteiger partial charge in [0, 0.05) is 13.1 Å². The van der Waals surface area contributed by atoms with Crippen molar-refractivity contribution in [3.05, 3.63) is 41.7 Å². The number of nitrogens with zero attached hydrogens (tertiary/aromatic N) is 5. The van der Waals surface area contributed by atoms with Crippen LogP contribution in [0.3, 0.4) is 0 Å². The Balaban J connectivity index is 1.70. The summed E-state index contributed by atoms with van der Waals surface area (Å²) in [7, 11) is 0. The number of hydrogen-bond acceptors (Lipinski definition) is 6. The molecule has 2 N–H and O–H groups in total. The third-order valence-corrected chi connectivity index (χ3v) is 5.47. The standard InChI is InChI=1S/C21H25F3N6O/c1-2-9-25-18-17-19(28-20(27-18)30-10-3-4-16(30)12-31)29(13-26-17)11-14-5-7-15(8-6-14)21(22,23)24/h5-8,13,16,31H,2-4,9-12H2,1H3,(H,25,27,28). The number of hydrogen-bond donors (Lipinski definition) is 2. The van der Waals surface area contributed by atoms with E-state index in [9.17, 15) is 18.3 Å². The molecule has 0 saturated carbocycles. The predicted molar refractivity (Wildman–Crippen MR) is 112 cm³/mol. The van der Waals surface area contributed by atoms with Gasteiger partial charge in [0.2, 0.25) is 5.95 Å². The number of fused-ring (bicyclic) bond motifs is 1. The molecule has 10 heteroatoms. The van der Waals surface area contributed by atoms with Crippen LogP contribution < -0.4 is 10.2 Å². The molecule has 4 rings (SSSR count). The summed E-state index contributed by atoms with van der Waals surface area (Å²) in [6, 6.07) is 5.07. The average Bonchev–Trinajstić information content (AvgIpc) is 3.39. The number of imidazole rings is 1. The Hall–Kier alpha value is -2.88. The first-order valence-corrected chi connectivity index (χ1v) is 10.4. The highest BCUT2D eigenvalue weighted by atomic mass is 19.4. The van der Waals surface area contributed by atoms with Crippen LogP contribution in [0.4, 0.5) is 24.9 Å². The fourth-order valence-corrected chi connectivity index (χ4v) is 3.83. The third-order valence-electron chi connectivity index (χ3n) is 5.47. The maximum Gasteiger partial charge on any atom is 0.416 e. The molecule has 0 amide bonds. The smallest absolute Gasteiger partial charge is 0.394 e. The lowest BCUT2D eigenvalue weighted by atomic mass is 10.1. The lowest BCUT2D eigenvalue weighted by Gasteiger charge is -2.23. The van der Waals surface area contributed by atoms with E-state index in [1.807, 2.05) is 9.47 Å². The number of alkyl halides is 3. The monoisotopic (exact) mass is 434 g/mol. The van der Waals surface area contributed by atoms with Gasteiger partial charge in [-0.15, -0.1) is 0 Å². The fourth-order valence-electron chi connectivity index (χ4n) is 3.83. The Morgan fingerprint density at radius 2 is 1.97 bits per heavy atom. The van der Waals surface area contributed by atoms with E-state index in [2.05, 4.69) is 22.2 Å². The predicted octanol–water partition coefficient (Wildman–Crippen LogP) is 3.68. The van der Waals surface area contributed by atoms with Crippen LogP contribution in [0.1, 0.15) is 37.3 Å². The van der Waals surface area contributed by atoms with Gasteiger partial charge in [-0.25, -0.2) is 4.98 Å². The van der Waals surface area contributed by atoms with E-state index in [4.69, 9.17) is 4.98 Å². The Labute approximate surface area is 177 Å². The molecule has 1 atom stereocenters. The number of halogens is 3. The van der Waals surface area contributed by atoms with Crippen LogP contribution in [-0.4, -0.2) is 50.4 Å². The first-order chi connectivity index (χ1) is 14.9. The zero-order valence-electron chi connectivity index (χ0n) is 17.2. The van der Waals surface area contributed by atoms with Gasteiger partial charge >= 0.3 is 6.18 Å². The number of aliphatic hydroxyl groups excluding tert-OH is 1. The van der Waals surface area contributed by atoms with Crippen molar-refractivity contribution in [3.8, 4) is 0 Å². The molecule has 0 spiro atoms. The van der Waals surface area contributed by atoms with Crippen LogP contribution in [0.5, 0.6) is 0 Å². The summed E-state index contributed by atoms with van der Waals surface area (Å²) in [5, 5.41) is 13.0. The summed E-state index contributed by atoms with van der Waals surface area (Å²) < 4.78 is 40.3. The molecule has 3 aromatic rings. The molecule has 166 valence electrons. The first-order valence-electron chi connectivity index (χ1n) is 10.4. The van der Waals surface area contributed by atoms with E-state index < -0.39 is 11.7 Å². The molecule has 0 aliphatic carbocycles. The highest BCUT2D eigenvalue weighted by Gasteiger charge is 2.30. The van der Waals surface area contributed by atoms with E-state index in [0.29, 0.717) is 35.0 Å². The summed E-state index contributed by atoms with van der Waals surface area (Å²) in [5.74, 6) is 1.15. The third kappa shape index (κ3) is 4.43. The van der Waals surface area contributed by atoms with Crippen molar-refractivity contribution < 1.29 is 18.3 Å². The Kier molecular flexibility index (Phi) is 5.99. The van der Waals surface area contributed by atoms with Gasteiger partial charge in [0.05, 0.1) is 31.1 Å². The topological polar surface area (TPSA) is 79.1 Å². The van der Waals surface area contributed by atoms with E-state index >= 15 is 0 Å². The fraction of sp³-hybridized carbons (Fsp3) is 0.476. The minimum Gasteiger partial charge on any atom is -0.394 e. The van der Waals surface area contributed by atoms with Crippen LogP contribution in [0.25, 0.3) is 11.2 Å². The molecule has 2 aromatic heterocycles. The number of nitrogens with one attached hydrogen (secondary N) is 1. The number of aliphatic hydroxyl groups is 1. The largest absolute Gasteiger partial charge is 0.416 e. The molecule has 3 heterocycles. The quantitative estimate of drug-likeness (QED) is 0.591. The highest BCUT2D eigenvalue weighted by Crippen LogP contribution is 2.30. The van der Waals surface area contributed by atoms with Crippen LogP contribution in [0.15, 0.2) is 30.6 Å². The second-order valence-corrected chi connectivity index (χ2v) is 7.71. The molecular weight excluding hydrogens is 409 g/mol. The van der Waals surface area contributed by atoms with Gasteiger partial charge in [-0.1, -0.05) is 19.1 Å². The van der Waals surface area contributed by atoms with Crippen LogP contribution in [0.2, 0.25) is 0 Å². The van der Waals surface area contributed by atoms with E-state index in [1.165, 1.54) is 12.1 Å². The van der Waals surface area contributed by atoms with E-state index in [1.54, 1.807) is 6.33 Å². The van der Waals surface area contributed by atoms with Crippen LogP contribution in [-0.2, 0) is 12.7 Å². The van der Waals surface area contributed by atoms with Gasteiger partial charge < -0.3 is 19.9 Å². The number of rotatable bonds is 7. The zero-order valence-corrected chi connectivity index (χ0v) is 17.2. The molecule has 1 saturated heterocycles. The van der Waals surface area contributed by atoms with Crippen LogP contribution >= 0.6 is 0 Å². The molecule has 1 fully saturated rings. The Morgan fingerprint density at radius 3 is 2.65 bits per heavy atom. The zero-order chi connectivity index (χ0) is 22.0. The SMILES string of the molecule is CCCNc1nc(N2CCCC2CO)nc2c1ncn2Cc1ccc(C(F)(F)F)cc1. The van der Waals surface area contributed by atoms with Gasteiger partial charge in [-0.3, -0.25) is 0 Å². The molecule has 1 unspecified atom stereocenters. The summed E-state index contributed by atoms with van der Waals surface area (Å²) in [6.45, 7) is 3.90. The van der Waals surface area contributed by atoms with Crippen molar-refractivity contribution in [2.45, 2.75) is 44.9 Å². The van der Waals surface area contributed by atoms with Crippen molar-refractivity contribution in [3.63, 3.8) is 0 Å². The van der Waals surface area contributed by atoms with Gasteiger partial charge in [-0.05, 0) is 37.0 Å². The normalized spacial score (nSPS) is 16.9. The Bertz CT molecular complexity index is 1030. The highest BCUT2D eigenvalue weighted by molar-refractivity contribution is 5.84. The Morgan fingerprint density at radius 1 is 1.19 bits per heavy atom. The minimum atomic E-state index is -4.36. The molecule has 1 aromatic carbocycles. The van der Waals surface area contributed by atoms with Crippen molar-refractivity contribution in [2.24, 2.45) is 0 Å². The second kappa shape index (κ2) is 8.70. The first kappa shape index (κ1) is 21.4. The maximum absolute atomic E-state index is 12.8. The van der Waals surface area contributed by atoms with E-state index in [-0.39, 0.29) is 12.6 Å². The number of aromatic nitrogens is 4. The molecule has 0 radical (unpaired) electrons. The van der Waals surface area contributed by atoms with Gasteiger partial charge in [0.1, 0.15) is 0 Å². The lowest BCUT2D eigenvalue weighted by molar-refractivity contribution is -0.137. The van der Waals surface area contributed by atoms with Gasteiger partial charge in [0.25, 0.3) is 0 Å². The van der Waals surface area contributed by atoms with Crippen molar-refractivity contribution in [1.82, 2.24) is 19.5 Å². The van der Waals surface area contributed by atoms with Gasteiger partial charge in [-0.2, -0.15) is 23.1 Å². The molecule has 31 heavy (non-hydrogen) atoms. The lowest BCUT2D eigenvalue weighted by Crippen LogP contribution is -2.33. The molecule has 1 aliphatic rings. The van der Waals surface area contributed by atoms with Crippen LogP contribution in [0, 0.1) is 0 Å². The summed E-state index contributed by atoms with van der Waals surface area (Å²) in [6.07, 6.45) is 0.0122. The summed E-state index contributed by atoms with van der Waals surface area (Å²) >= 11 is 0. The molecule has 1 aliphatic heterocycles. The number of anilines is 2. The number of benzene rings is 1. The van der Waals surface area contributed by atoms with E-state index in [0.717, 1.165) is 44.5 Å². The van der Waals surface area contributed by atoms with Gasteiger partial charge in [0.15, 0.2) is 17.0 Å². The molecule has 7 nitrogen and oxygen atoms in total. The minimum absolute atomic E-state index is 0.0252. The summed E-state index contributed by atoms with van der Waals surface area (Å²) in [5.41, 5.74) is 1.26. The summed E-state index contributed by atoms with van der Waals surface area (Å²) in [4.78, 5) is 15.9. The van der Waals surface area contributed by atoms with Crippen molar-refractivity contribution >= 4 is 22.9 Å². The molecule has 0 bridgehead atoms. The average molecular weight is 434 g/mol. The second-order valence-electron chi connectivity index (χ2n) is 7.71. The molecular formula is C21H25F3N6O. The van der Waals surface area contributed by atoms with Crippen molar-refractivity contribution in [1.29, 1.82) is 0 Å². The maximum atomic E-state index is 12.8. The van der Waals surface area contributed by atoms with Crippen molar-refractivity contribution in [2.75, 3.05) is 29.9 Å².